The molecule has 1 aromatic heterocycles. The van der Waals surface area contributed by atoms with Crippen LogP contribution in [0.4, 0.5) is 5.69 Å². The van der Waals surface area contributed by atoms with Gasteiger partial charge in [0.05, 0.1) is 4.92 Å². The topological polar surface area (TPSA) is 143 Å². The minimum atomic E-state index is -4.37. The van der Waals surface area contributed by atoms with E-state index in [1.54, 1.807) is 0 Å². The molecule has 2 heterocycles. The molecule has 1 aliphatic rings. The van der Waals surface area contributed by atoms with Crippen molar-refractivity contribution >= 4 is 21.7 Å². The van der Waals surface area contributed by atoms with Crippen LogP contribution in [-0.4, -0.2) is 59.4 Å². The zero-order valence-electron chi connectivity index (χ0n) is 10.7. The van der Waals surface area contributed by atoms with Crippen molar-refractivity contribution in [3.8, 4) is 0 Å². The highest BCUT2D eigenvalue weighted by Crippen LogP contribution is 2.25. The van der Waals surface area contributed by atoms with Gasteiger partial charge in [0, 0.05) is 31.9 Å². The Labute approximate surface area is 119 Å². The monoisotopic (exact) mass is 316 g/mol. The molecule has 0 bridgehead atoms. The summed E-state index contributed by atoms with van der Waals surface area (Å²) in [5.74, 6) is -1.33. The van der Waals surface area contributed by atoms with E-state index >= 15 is 0 Å². The van der Waals surface area contributed by atoms with Crippen LogP contribution >= 0.6 is 0 Å². The number of pyridine rings is 1. The number of aliphatic carboxylic acids is 1. The van der Waals surface area contributed by atoms with Crippen LogP contribution in [-0.2, 0) is 14.8 Å². The number of nitrogens with zero attached hydrogens (tertiary/aromatic N) is 3. The van der Waals surface area contributed by atoms with Gasteiger partial charge in [-0.3, -0.25) is 14.9 Å². The lowest BCUT2D eigenvalue weighted by Gasteiger charge is -2.31. The van der Waals surface area contributed by atoms with Gasteiger partial charge in [-0.2, -0.15) is 4.31 Å². The normalized spacial score (nSPS) is 20.1. The number of hydrogen-bond acceptors (Lipinski definition) is 7. The molecule has 1 aliphatic heterocycles. The van der Waals surface area contributed by atoms with Gasteiger partial charge in [-0.25, -0.2) is 13.4 Å². The summed E-state index contributed by atoms with van der Waals surface area (Å²) < 4.78 is 25.7. The fraction of sp³-hybridized carbons (Fsp3) is 0.400. The molecular weight excluding hydrogens is 304 g/mol. The maximum Gasteiger partial charge on any atom is 0.323 e. The van der Waals surface area contributed by atoms with Crippen LogP contribution in [0.2, 0.25) is 0 Å². The number of carbonyl (C=O) groups is 1. The fourth-order valence-electron chi connectivity index (χ4n) is 2.01. The van der Waals surface area contributed by atoms with Gasteiger partial charge in [0.1, 0.15) is 6.04 Å². The fourth-order valence-corrected chi connectivity index (χ4v) is 3.67. The molecule has 2 N–H and O–H groups in total. The van der Waals surface area contributed by atoms with Crippen molar-refractivity contribution in [2.24, 2.45) is 0 Å². The molecule has 0 radical (unpaired) electrons. The minimum absolute atomic E-state index is 0.0742. The summed E-state index contributed by atoms with van der Waals surface area (Å²) in [4.78, 5) is 24.8. The molecule has 1 aromatic rings. The Balaban J connectivity index is 2.51. The maximum atomic E-state index is 12.5. The second-order valence-corrected chi connectivity index (χ2v) is 6.06. The second-order valence-electron chi connectivity index (χ2n) is 4.26. The molecule has 11 heteroatoms. The molecule has 2 rings (SSSR count). The van der Waals surface area contributed by atoms with Crippen LogP contribution in [0.5, 0.6) is 0 Å². The van der Waals surface area contributed by atoms with Crippen LogP contribution in [0.3, 0.4) is 0 Å². The summed E-state index contributed by atoms with van der Waals surface area (Å²) in [7, 11) is -4.37. The lowest BCUT2D eigenvalue weighted by molar-refractivity contribution is -0.388. The molecule has 0 amide bonds. The average Bonchev–Trinajstić information content (AvgIpc) is 2.47. The molecule has 21 heavy (non-hydrogen) atoms. The van der Waals surface area contributed by atoms with E-state index in [4.69, 9.17) is 5.11 Å². The molecule has 10 nitrogen and oxygen atoms in total. The predicted molar refractivity (Wildman–Crippen MR) is 69.1 cm³/mol. The van der Waals surface area contributed by atoms with Crippen molar-refractivity contribution in [1.29, 1.82) is 0 Å². The van der Waals surface area contributed by atoms with Crippen LogP contribution in [0, 0.1) is 10.1 Å². The largest absolute Gasteiger partial charge is 0.480 e. The number of aromatic nitrogens is 1. The third-order valence-electron chi connectivity index (χ3n) is 2.98. The first kappa shape index (κ1) is 15.3. The lowest BCUT2D eigenvalue weighted by Crippen LogP contribution is -2.56. The first-order valence-corrected chi connectivity index (χ1v) is 7.34. The van der Waals surface area contributed by atoms with Crippen molar-refractivity contribution in [3.63, 3.8) is 0 Å². The standard InChI is InChI=1S/C10H12N4O6S/c15-10(16)8-6-11-4-5-13(8)21(19,20)9-7(14(17)18)2-1-3-12-9/h1-3,8,11H,4-6H2,(H,15,16)/t8-/m1/s1. The van der Waals surface area contributed by atoms with Crippen LogP contribution < -0.4 is 5.32 Å². The molecule has 0 aromatic carbocycles. The second kappa shape index (κ2) is 5.71. The molecule has 1 saturated heterocycles. The number of rotatable bonds is 4. The number of nitrogens with one attached hydrogen (secondary N) is 1. The minimum Gasteiger partial charge on any atom is -0.480 e. The van der Waals surface area contributed by atoms with Gasteiger partial charge in [0.25, 0.3) is 10.0 Å². The van der Waals surface area contributed by atoms with Crippen molar-refractivity contribution in [3.05, 3.63) is 28.4 Å². The Morgan fingerprint density at radius 3 is 2.90 bits per heavy atom. The third kappa shape index (κ3) is 2.84. The van der Waals surface area contributed by atoms with Crippen molar-refractivity contribution in [1.82, 2.24) is 14.6 Å². The van der Waals surface area contributed by atoms with Gasteiger partial charge in [-0.15, -0.1) is 0 Å². The zero-order valence-corrected chi connectivity index (χ0v) is 11.5. The molecule has 114 valence electrons. The van der Waals surface area contributed by atoms with E-state index in [1.807, 2.05) is 0 Å². The average molecular weight is 316 g/mol. The Hall–Kier alpha value is -2.11. The Bertz CT molecular complexity index is 676. The smallest absolute Gasteiger partial charge is 0.323 e. The molecule has 1 atom stereocenters. The van der Waals surface area contributed by atoms with E-state index in [0.717, 1.165) is 16.6 Å². The van der Waals surface area contributed by atoms with E-state index in [-0.39, 0.29) is 19.6 Å². The van der Waals surface area contributed by atoms with Gasteiger partial charge in [0.2, 0.25) is 5.03 Å². The Morgan fingerprint density at radius 1 is 1.57 bits per heavy atom. The maximum absolute atomic E-state index is 12.5. The summed E-state index contributed by atoms with van der Waals surface area (Å²) in [6.45, 7) is 0.0753. The van der Waals surface area contributed by atoms with Crippen molar-refractivity contribution < 1.29 is 23.2 Å². The quantitative estimate of drug-likeness (QED) is 0.534. The first-order valence-electron chi connectivity index (χ1n) is 5.90. The number of carboxylic acid groups (broad SMARTS) is 1. The van der Waals surface area contributed by atoms with Gasteiger partial charge in [0.15, 0.2) is 0 Å². The van der Waals surface area contributed by atoms with Crippen LogP contribution in [0.25, 0.3) is 0 Å². The summed E-state index contributed by atoms with van der Waals surface area (Å²) in [5, 5.41) is 22.0. The van der Waals surface area contributed by atoms with Crippen LogP contribution in [0.15, 0.2) is 23.4 Å². The first-order chi connectivity index (χ1) is 9.85. The summed E-state index contributed by atoms with van der Waals surface area (Å²) in [5.41, 5.74) is -0.680. The lowest BCUT2D eigenvalue weighted by atomic mass is 10.2. The number of sulfonamides is 1. The van der Waals surface area contributed by atoms with E-state index < -0.39 is 37.7 Å². The third-order valence-corrected chi connectivity index (χ3v) is 4.84. The van der Waals surface area contributed by atoms with E-state index in [0.29, 0.717) is 0 Å². The highest BCUT2D eigenvalue weighted by Gasteiger charge is 2.41. The molecular formula is C10H12N4O6S. The van der Waals surface area contributed by atoms with E-state index in [2.05, 4.69) is 10.3 Å². The molecule has 0 saturated carbocycles. The van der Waals surface area contributed by atoms with Gasteiger partial charge < -0.3 is 10.4 Å². The summed E-state index contributed by atoms with van der Waals surface area (Å²) in [6.07, 6.45) is 1.11. The van der Waals surface area contributed by atoms with Gasteiger partial charge >= 0.3 is 11.7 Å². The highest BCUT2D eigenvalue weighted by molar-refractivity contribution is 7.89. The van der Waals surface area contributed by atoms with Gasteiger partial charge in [-0.1, -0.05) is 0 Å². The van der Waals surface area contributed by atoms with Crippen molar-refractivity contribution in [2.45, 2.75) is 11.1 Å². The molecule has 0 unspecified atom stereocenters. The number of piperazine rings is 1. The number of hydrogen-bond donors (Lipinski definition) is 2. The van der Waals surface area contributed by atoms with Gasteiger partial charge in [-0.05, 0) is 6.07 Å². The van der Waals surface area contributed by atoms with E-state index in [9.17, 15) is 23.3 Å². The Kier molecular flexibility index (Phi) is 4.16. The number of nitro groups is 1. The molecule has 0 spiro atoms. The van der Waals surface area contributed by atoms with E-state index in [1.165, 1.54) is 6.07 Å². The summed E-state index contributed by atoms with van der Waals surface area (Å²) >= 11 is 0. The highest BCUT2D eigenvalue weighted by atomic mass is 32.2. The van der Waals surface area contributed by atoms with Crippen molar-refractivity contribution in [2.75, 3.05) is 19.6 Å². The molecule has 1 fully saturated rings. The summed E-state index contributed by atoms with van der Waals surface area (Å²) in [6, 6.07) is 0.923. The zero-order chi connectivity index (χ0) is 15.6. The SMILES string of the molecule is O=C(O)[C@H]1CNCCN1S(=O)(=O)c1ncccc1[N+](=O)[O-]. The van der Waals surface area contributed by atoms with Crippen LogP contribution in [0.1, 0.15) is 0 Å². The Morgan fingerprint density at radius 2 is 2.29 bits per heavy atom. The number of carboxylic acids is 1. The molecule has 0 aliphatic carbocycles. The predicted octanol–water partition coefficient (Wildman–Crippen LogP) is -0.963.